The van der Waals surface area contributed by atoms with Crippen molar-refractivity contribution in [2.24, 2.45) is 0 Å². The van der Waals surface area contributed by atoms with Gasteiger partial charge in [0.05, 0.1) is 6.61 Å². The van der Waals surface area contributed by atoms with Gasteiger partial charge in [-0.15, -0.1) is 0 Å². The van der Waals surface area contributed by atoms with Crippen molar-refractivity contribution in [1.29, 1.82) is 0 Å². The van der Waals surface area contributed by atoms with Gasteiger partial charge in [-0.25, -0.2) is 0 Å². The zero-order valence-corrected chi connectivity index (χ0v) is 10.9. The van der Waals surface area contributed by atoms with Crippen molar-refractivity contribution in [1.82, 2.24) is 0 Å². The predicted octanol–water partition coefficient (Wildman–Crippen LogP) is 1.50. The van der Waals surface area contributed by atoms with Crippen LogP contribution in [-0.4, -0.2) is 5.11 Å². The number of benzene rings is 2. The van der Waals surface area contributed by atoms with Gasteiger partial charge in [-0.2, -0.15) is 0 Å². The average molecular weight is 260 g/mol. The van der Waals surface area contributed by atoms with Gasteiger partial charge >= 0.3 is 0 Å². The fraction of sp³-hybridized carbons (Fsp3) is 0.143. The summed E-state index contributed by atoms with van der Waals surface area (Å²) in [6.07, 6.45) is 0. The fourth-order valence-corrected chi connectivity index (χ4v) is 1.46. The molecule has 102 valence electrons. The van der Waals surface area contributed by atoms with E-state index in [4.69, 9.17) is 28.0 Å². The number of aliphatic hydroxyl groups excluding tert-OH is 1. The maximum Gasteiger partial charge on any atom is 0.0702 e. The summed E-state index contributed by atoms with van der Waals surface area (Å²) in [6.45, 7) is 1.88. The number of aryl methyl sites for hydroxylation is 1. The molecule has 5 nitrogen and oxygen atoms in total. The van der Waals surface area contributed by atoms with Crippen LogP contribution in [0.3, 0.4) is 0 Å². The summed E-state index contributed by atoms with van der Waals surface area (Å²) in [5.74, 6) is 0. The monoisotopic (exact) mass is 260 g/mol. The highest BCUT2D eigenvalue weighted by Crippen LogP contribution is 2.14. The van der Waals surface area contributed by atoms with Crippen LogP contribution >= 0.6 is 0 Å². The van der Waals surface area contributed by atoms with Crippen molar-refractivity contribution in [3.8, 4) is 0 Å². The molecule has 0 unspecified atom stereocenters. The molecule has 0 fully saturated rings. The maximum atomic E-state index is 8.71. The maximum absolute atomic E-state index is 8.71. The summed E-state index contributed by atoms with van der Waals surface area (Å²) in [6, 6.07) is 10.5. The Morgan fingerprint density at radius 3 is 1.79 bits per heavy atom. The van der Waals surface area contributed by atoms with Crippen molar-refractivity contribution >= 4 is 22.7 Å². The molecule has 2 rings (SSSR count). The van der Waals surface area contributed by atoms with Crippen molar-refractivity contribution in [2.75, 3.05) is 22.9 Å². The van der Waals surface area contributed by atoms with Gasteiger partial charge in [0.2, 0.25) is 0 Å². The number of rotatable bonds is 1. The molecular weight excluding hydrogens is 240 g/mol. The molecule has 0 spiro atoms. The van der Waals surface area contributed by atoms with Crippen LogP contribution in [-0.2, 0) is 6.61 Å². The van der Waals surface area contributed by atoms with Crippen molar-refractivity contribution < 1.29 is 5.11 Å². The van der Waals surface area contributed by atoms with Gasteiger partial charge < -0.3 is 28.0 Å². The zero-order chi connectivity index (χ0) is 14.4. The van der Waals surface area contributed by atoms with Gasteiger partial charge in [0, 0.05) is 28.3 Å². The fourth-order valence-electron chi connectivity index (χ4n) is 1.46. The van der Waals surface area contributed by atoms with E-state index < -0.39 is 0 Å². The largest absolute Gasteiger partial charge is 0.399 e. The Bertz CT molecular complexity index is 555. The summed E-state index contributed by atoms with van der Waals surface area (Å²) in [7, 11) is 0. The van der Waals surface area contributed by atoms with Crippen LogP contribution in [0.5, 0.6) is 0 Å². The molecule has 0 heterocycles. The minimum absolute atomic E-state index is 0.0587. The highest BCUT2D eigenvalue weighted by Gasteiger charge is 1.95. The molecule has 2 aromatic carbocycles. The quantitative estimate of drug-likeness (QED) is 0.497. The van der Waals surface area contributed by atoms with E-state index in [2.05, 4.69) is 0 Å². The van der Waals surface area contributed by atoms with E-state index in [0.717, 1.165) is 16.9 Å². The summed E-state index contributed by atoms with van der Waals surface area (Å²) in [5.41, 5.74) is 26.4. The summed E-state index contributed by atoms with van der Waals surface area (Å²) in [4.78, 5) is 0. The Morgan fingerprint density at radius 1 is 0.842 bits per heavy atom. The number of hydrogen-bond acceptors (Lipinski definition) is 5. The first-order valence-electron chi connectivity index (χ1n) is 5.80. The standard InChI is InChI=1S/C7H10N2O.C7H10N2/c8-6-1-2-7(9)5(3-6)4-10;1-5-4-6(8)2-3-7(5)9/h1-3,10H,4,8-9H2;2-4H,8-9H2,1H3. The molecular formula is C14H20N4O. The average Bonchev–Trinajstić information content (AvgIpc) is 2.38. The zero-order valence-electron chi connectivity index (χ0n) is 10.9. The van der Waals surface area contributed by atoms with Crippen molar-refractivity contribution in [2.45, 2.75) is 13.5 Å². The number of aliphatic hydroxyl groups is 1. The lowest BCUT2D eigenvalue weighted by Gasteiger charge is -2.01. The first-order chi connectivity index (χ1) is 8.93. The molecule has 9 N–H and O–H groups in total. The van der Waals surface area contributed by atoms with Crippen LogP contribution in [0.25, 0.3) is 0 Å². The number of hydrogen-bond donors (Lipinski definition) is 5. The van der Waals surface area contributed by atoms with Gasteiger partial charge in [-0.1, -0.05) is 0 Å². The molecule has 5 heteroatoms. The lowest BCUT2D eigenvalue weighted by molar-refractivity contribution is 0.282. The molecule has 0 atom stereocenters. The second-order valence-corrected chi connectivity index (χ2v) is 4.23. The summed E-state index contributed by atoms with van der Waals surface area (Å²) < 4.78 is 0. The van der Waals surface area contributed by atoms with Crippen LogP contribution in [0.2, 0.25) is 0 Å². The molecule has 0 aliphatic heterocycles. The van der Waals surface area contributed by atoms with E-state index in [1.54, 1.807) is 24.3 Å². The second kappa shape index (κ2) is 6.51. The predicted molar refractivity (Wildman–Crippen MR) is 81.2 cm³/mol. The lowest BCUT2D eigenvalue weighted by Crippen LogP contribution is -1.95. The Hall–Kier alpha value is -2.40. The van der Waals surface area contributed by atoms with E-state index in [0.29, 0.717) is 16.9 Å². The smallest absolute Gasteiger partial charge is 0.0702 e. The molecule has 0 saturated carbocycles. The van der Waals surface area contributed by atoms with Crippen LogP contribution < -0.4 is 22.9 Å². The molecule has 0 aromatic heterocycles. The molecule has 0 aliphatic rings. The third kappa shape index (κ3) is 4.40. The number of nitrogen functional groups attached to an aromatic ring is 4. The molecule has 2 aromatic rings. The van der Waals surface area contributed by atoms with Crippen LogP contribution in [0, 0.1) is 6.92 Å². The van der Waals surface area contributed by atoms with Gasteiger partial charge in [0.1, 0.15) is 0 Å². The van der Waals surface area contributed by atoms with Crippen molar-refractivity contribution in [3.05, 3.63) is 47.5 Å². The molecule has 0 radical (unpaired) electrons. The van der Waals surface area contributed by atoms with Gasteiger partial charge in [-0.05, 0) is 48.9 Å². The van der Waals surface area contributed by atoms with E-state index in [-0.39, 0.29) is 6.61 Å². The van der Waals surface area contributed by atoms with Crippen LogP contribution in [0.4, 0.5) is 22.7 Å². The molecule has 0 saturated heterocycles. The Balaban J connectivity index is 0.000000191. The minimum Gasteiger partial charge on any atom is -0.399 e. The highest BCUT2D eigenvalue weighted by atomic mass is 16.3. The first kappa shape index (κ1) is 14.7. The Kier molecular flexibility index (Phi) is 5.02. The van der Waals surface area contributed by atoms with E-state index in [9.17, 15) is 0 Å². The SMILES string of the molecule is Cc1cc(N)ccc1N.Nc1ccc(N)c(CO)c1. The third-order valence-corrected chi connectivity index (χ3v) is 2.63. The summed E-state index contributed by atoms with van der Waals surface area (Å²) in [5, 5.41) is 8.71. The normalized spacial score (nSPS) is 9.58. The van der Waals surface area contributed by atoms with E-state index >= 15 is 0 Å². The Labute approximate surface area is 112 Å². The second-order valence-electron chi connectivity index (χ2n) is 4.23. The van der Waals surface area contributed by atoms with Gasteiger partial charge in [-0.3, -0.25) is 0 Å². The number of nitrogens with two attached hydrogens (primary N) is 4. The number of anilines is 4. The molecule has 0 aliphatic carbocycles. The molecule has 0 amide bonds. The topological polar surface area (TPSA) is 124 Å². The van der Waals surface area contributed by atoms with Gasteiger partial charge in [0.25, 0.3) is 0 Å². The molecule has 0 bridgehead atoms. The highest BCUT2D eigenvalue weighted by molar-refractivity contribution is 5.55. The minimum atomic E-state index is -0.0587. The van der Waals surface area contributed by atoms with E-state index in [1.807, 2.05) is 19.1 Å². The van der Waals surface area contributed by atoms with Crippen LogP contribution in [0.1, 0.15) is 11.1 Å². The van der Waals surface area contributed by atoms with E-state index in [1.165, 1.54) is 0 Å². The van der Waals surface area contributed by atoms with Crippen molar-refractivity contribution in [3.63, 3.8) is 0 Å². The summed E-state index contributed by atoms with van der Waals surface area (Å²) >= 11 is 0. The third-order valence-electron chi connectivity index (χ3n) is 2.63. The van der Waals surface area contributed by atoms with Crippen LogP contribution in [0.15, 0.2) is 36.4 Å². The Morgan fingerprint density at radius 2 is 1.37 bits per heavy atom. The van der Waals surface area contributed by atoms with Gasteiger partial charge in [0.15, 0.2) is 0 Å². The molecule has 19 heavy (non-hydrogen) atoms. The lowest BCUT2D eigenvalue weighted by atomic mass is 10.2. The first-order valence-corrected chi connectivity index (χ1v) is 5.80.